The smallest absolute Gasteiger partial charge is 0.246 e. The molecule has 0 aromatic heterocycles. The monoisotopic (exact) mass is 242 g/mol. The first-order valence-corrected chi connectivity index (χ1v) is 6.06. The Morgan fingerprint density at radius 2 is 2.19 bits per heavy atom. The van der Waals surface area contributed by atoms with Gasteiger partial charge in [-0.15, -0.1) is 11.6 Å². The molecule has 0 saturated carbocycles. The van der Waals surface area contributed by atoms with Crippen LogP contribution in [-0.4, -0.2) is 53.2 Å². The third kappa shape index (κ3) is 2.07. The van der Waals surface area contributed by atoms with Gasteiger partial charge in [-0.2, -0.15) is 0 Å². The van der Waals surface area contributed by atoms with Crippen LogP contribution >= 0.6 is 11.6 Å². The van der Waals surface area contributed by atoms with Gasteiger partial charge in [-0.05, 0) is 12.8 Å². The molecule has 0 bridgehead atoms. The maximum absolute atomic E-state index is 12.0. The first-order valence-electron chi connectivity index (χ1n) is 5.53. The van der Waals surface area contributed by atoms with E-state index in [-0.39, 0.29) is 24.4 Å². The van der Waals surface area contributed by atoms with E-state index in [4.69, 9.17) is 11.6 Å². The fraction of sp³-hybridized carbons (Fsp3) is 0.636. The van der Waals surface area contributed by atoms with Gasteiger partial charge in [0.2, 0.25) is 11.8 Å². The van der Waals surface area contributed by atoms with Gasteiger partial charge in [0.1, 0.15) is 12.6 Å². The number of alkyl halides is 1. The molecule has 0 aliphatic carbocycles. The Hall–Kier alpha value is -1.03. The number of carbonyl (C=O) groups is 2. The molecule has 2 saturated heterocycles. The van der Waals surface area contributed by atoms with Gasteiger partial charge in [0.15, 0.2) is 0 Å². The van der Waals surface area contributed by atoms with Gasteiger partial charge in [0, 0.05) is 19.0 Å². The van der Waals surface area contributed by atoms with Crippen LogP contribution in [-0.2, 0) is 9.59 Å². The summed E-state index contributed by atoms with van der Waals surface area (Å²) in [5.74, 6) is 0.587. The zero-order valence-corrected chi connectivity index (χ0v) is 9.82. The van der Waals surface area contributed by atoms with Crippen molar-refractivity contribution in [3.05, 3.63) is 12.2 Å². The zero-order chi connectivity index (χ0) is 11.5. The van der Waals surface area contributed by atoms with Crippen LogP contribution < -0.4 is 0 Å². The van der Waals surface area contributed by atoms with Crippen molar-refractivity contribution in [3.8, 4) is 0 Å². The summed E-state index contributed by atoms with van der Waals surface area (Å²) in [6.07, 6.45) is 5.37. The van der Waals surface area contributed by atoms with Gasteiger partial charge in [0.05, 0.1) is 0 Å². The molecule has 2 rings (SSSR count). The Morgan fingerprint density at radius 1 is 1.38 bits per heavy atom. The Morgan fingerprint density at radius 3 is 2.94 bits per heavy atom. The minimum absolute atomic E-state index is 0.0707. The SMILES string of the molecule is O=C1C2CCCN2C(=O)CN1CC=CCCl. The highest BCUT2D eigenvalue weighted by molar-refractivity contribution is 6.18. The van der Waals surface area contributed by atoms with Gasteiger partial charge in [0.25, 0.3) is 0 Å². The van der Waals surface area contributed by atoms with Crippen LogP contribution in [0.1, 0.15) is 12.8 Å². The first kappa shape index (κ1) is 11.5. The van der Waals surface area contributed by atoms with E-state index in [0.29, 0.717) is 12.4 Å². The predicted octanol–water partition coefficient (Wildman–Crippen LogP) is 0.615. The molecular formula is C11H15ClN2O2. The van der Waals surface area contributed by atoms with Crippen LogP contribution in [0.15, 0.2) is 12.2 Å². The number of hydrogen-bond acceptors (Lipinski definition) is 2. The van der Waals surface area contributed by atoms with Crippen molar-refractivity contribution in [2.45, 2.75) is 18.9 Å². The lowest BCUT2D eigenvalue weighted by Crippen LogP contribution is -2.57. The highest BCUT2D eigenvalue weighted by atomic mass is 35.5. The number of halogens is 1. The van der Waals surface area contributed by atoms with E-state index >= 15 is 0 Å². The second-order valence-electron chi connectivity index (χ2n) is 4.09. The molecule has 2 aliphatic rings. The number of amides is 2. The summed E-state index contributed by atoms with van der Waals surface area (Å²) in [7, 11) is 0. The van der Waals surface area contributed by atoms with E-state index in [9.17, 15) is 9.59 Å². The molecule has 1 atom stereocenters. The van der Waals surface area contributed by atoms with Crippen LogP contribution in [0.4, 0.5) is 0 Å². The molecule has 16 heavy (non-hydrogen) atoms. The normalized spacial score (nSPS) is 25.7. The number of nitrogens with zero attached hydrogens (tertiary/aromatic N) is 2. The molecular weight excluding hydrogens is 228 g/mol. The summed E-state index contributed by atoms with van der Waals surface area (Å²) in [6.45, 7) is 1.43. The quantitative estimate of drug-likeness (QED) is 0.538. The number of carbonyl (C=O) groups excluding carboxylic acids is 2. The number of hydrogen-bond donors (Lipinski definition) is 0. The minimum Gasteiger partial charge on any atom is -0.329 e. The van der Waals surface area contributed by atoms with Crippen molar-refractivity contribution in [3.63, 3.8) is 0 Å². The lowest BCUT2D eigenvalue weighted by Gasteiger charge is -2.35. The van der Waals surface area contributed by atoms with Crippen molar-refractivity contribution in [1.29, 1.82) is 0 Å². The number of rotatable bonds is 3. The average Bonchev–Trinajstić information content (AvgIpc) is 2.75. The zero-order valence-electron chi connectivity index (χ0n) is 9.06. The first-order chi connectivity index (χ1) is 7.74. The lowest BCUT2D eigenvalue weighted by molar-refractivity contribution is -0.152. The van der Waals surface area contributed by atoms with E-state index in [2.05, 4.69) is 0 Å². The highest BCUT2D eigenvalue weighted by Gasteiger charge is 2.41. The molecule has 2 amide bonds. The molecule has 2 heterocycles. The highest BCUT2D eigenvalue weighted by Crippen LogP contribution is 2.23. The van der Waals surface area contributed by atoms with Crippen molar-refractivity contribution in [1.82, 2.24) is 9.80 Å². The summed E-state index contributed by atoms with van der Waals surface area (Å²) in [4.78, 5) is 27.1. The largest absolute Gasteiger partial charge is 0.329 e. The van der Waals surface area contributed by atoms with Crippen LogP contribution in [0.25, 0.3) is 0 Å². The van der Waals surface area contributed by atoms with E-state index in [1.54, 1.807) is 15.9 Å². The Balaban J connectivity index is 2.02. The maximum atomic E-state index is 12.0. The number of piperazine rings is 1. The standard InChI is InChI=1S/C11H15ClN2O2/c12-5-1-2-6-13-8-10(15)14-7-3-4-9(14)11(13)16/h1-2,9H,3-8H2. The van der Waals surface area contributed by atoms with Crippen LogP contribution in [0, 0.1) is 0 Å². The summed E-state index contributed by atoms with van der Waals surface area (Å²) in [6, 6.07) is -0.203. The Labute approximate surface area is 99.8 Å². The van der Waals surface area contributed by atoms with Crippen molar-refractivity contribution < 1.29 is 9.59 Å². The van der Waals surface area contributed by atoms with E-state index in [1.807, 2.05) is 6.08 Å². The molecule has 4 nitrogen and oxygen atoms in total. The van der Waals surface area contributed by atoms with Crippen molar-refractivity contribution in [2.75, 3.05) is 25.5 Å². The summed E-state index contributed by atoms with van der Waals surface area (Å²) in [5, 5.41) is 0. The molecule has 88 valence electrons. The Bertz CT molecular complexity index is 330. The molecule has 2 fully saturated rings. The van der Waals surface area contributed by atoms with E-state index < -0.39 is 0 Å². The number of allylic oxidation sites excluding steroid dienone is 1. The second-order valence-corrected chi connectivity index (χ2v) is 4.40. The van der Waals surface area contributed by atoms with Crippen molar-refractivity contribution in [2.24, 2.45) is 0 Å². The van der Waals surface area contributed by atoms with Gasteiger partial charge in [-0.1, -0.05) is 12.2 Å². The minimum atomic E-state index is -0.203. The second kappa shape index (κ2) is 4.87. The predicted molar refractivity (Wildman–Crippen MR) is 61.2 cm³/mol. The third-order valence-corrected chi connectivity index (χ3v) is 3.26. The topological polar surface area (TPSA) is 40.6 Å². The van der Waals surface area contributed by atoms with Crippen molar-refractivity contribution >= 4 is 23.4 Å². The summed E-state index contributed by atoms with van der Waals surface area (Å²) >= 11 is 5.51. The molecule has 0 aromatic rings. The molecule has 0 aromatic carbocycles. The van der Waals surface area contributed by atoms with Gasteiger partial charge in [-0.3, -0.25) is 9.59 Å². The van der Waals surface area contributed by atoms with Gasteiger partial charge in [-0.25, -0.2) is 0 Å². The Kier molecular flexibility index (Phi) is 3.49. The van der Waals surface area contributed by atoms with E-state index in [1.165, 1.54) is 0 Å². The molecule has 0 N–H and O–H groups in total. The fourth-order valence-electron chi connectivity index (χ4n) is 2.28. The van der Waals surface area contributed by atoms with Crippen LogP contribution in [0.5, 0.6) is 0 Å². The van der Waals surface area contributed by atoms with Gasteiger partial charge < -0.3 is 9.80 Å². The third-order valence-electron chi connectivity index (χ3n) is 3.08. The molecule has 0 radical (unpaired) electrons. The molecule has 1 unspecified atom stereocenters. The van der Waals surface area contributed by atoms with Crippen LogP contribution in [0.3, 0.4) is 0 Å². The van der Waals surface area contributed by atoms with Crippen LogP contribution in [0.2, 0.25) is 0 Å². The molecule has 2 aliphatic heterocycles. The molecule has 5 heteroatoms. The lowest BCUT2D eigenvalue weighted by atomic mass is 10.1. The summed E-state index contributed by atoms with van der Waals surface area (Å²) < 4.78 is 0. The van der Waals surface area contributed by atoms with Gasteiger partial charge >= 0.3 is 0 Å². The fourth-order valence-corrected chi connectivity index (χ4v) is 2.41. The summed E-state index contributed by atoms with van der Waals surface area (Å²) in [5.41, 5.74) is 0. The molecule has 0 spiro atoms. The van der Waals surface area contributed by atoms with E-state index in [0.717, 1.165) is 19.4 Å². The maximum Gasteiger partial charge on any atom is 0.246 e. The number of fused-ring (bicyclic) bond motifs is 1. The average molecular weight is 243 g/mol.